The molecule has 0 aromatic heterocycles. The van der Waals surface area contributed by atoms with Crippen LogP contribution in [0.1, 0.15) is 13.3 Å². The summed E-state index contributed by atoms with van der Waals surface area (Å²) >= 11 is 0. The maximum Gasteiger partial charge on any atom is 0.229 e. The lowest BCUT2D eigenvalue weighted by Crippen LogP contribution is -2.44. The van der Waals surface area contributed by atoms with Crippen LogP contribution in [0.2, 0.25) is 0 Å². The SMILES string of the molecule is C#CCN=C(NCC)NC1CC(=O)N(c2cccc(OC)c2)C1.I. The van der Waals surface area contributed by atoms with Crippen molar-refractivity contribution < 1.29 is 9.53 Å². The Morgan fingerprint density at radius 1 is 1.54 bits per heavy atom. The molecule has 1 aliphatic rings. The normalized spacial score (nSPS) is 17.0. The van der Waals surface area contributed by atoms with Crippen LogP contribution in [0.4, 0.5) is 5.69 Å². The van der Waals surface area contributed by atoms with E-state index < -0.39 is 0 Å². The number of ether oxygens (including phenoxy) is 1. The number of aliphatic imine (C=N–C) groups is 1. The molecule has 0 radical (unpaired) electrons. The molecule has 1 heterocycles. The third-order valence-corrected chi connectivity index (χ3v) is 3.50. The molecular formula is C17H23IN4O2. The van der Waals surface area contributed by atoms with E-state index in [0.717, 1.165) is 18.0 Å². The number of amides is 1. The van der Waals surface area contributed by atoms with Gasteiger partial charge in [0.25, 0.3) is 0 Å². The van der Waals surface area contributed by atoms with Gasteiger partial charge in [0.05, 0.1) is 13.2 Å². The molecule has 7 heteroatoms. The van der Waals surface area contributed by atoms with Gasteiger partial charge >= 0.3 is 0 Å². The molecule has 1 amide bonds. The molecule has 0 bridgehead atoms. The average Bonchev–Trinajstić information content (AvgIpc) is 2.93. The number of rotatable bonds is 5. The Labute approximate surface area is 160 Å². The van der Waals surface area contributed by atoms with Gasteiger partial charge in [-0.05, 0) is 19.1 Å². The van der Waals surface area contributed by atoms with Crippen LogP contribution in [-0.4, -0.2) is 44.7 Å². The molecule has 6 nitrogen and oxygen atoms in total. The van der Waals surface area contributed by atoms with Gasteiger partial charge in [-0.2, -0.15) is 0 Å². The first kappa shape index (κ1) is 20.1. The largest absolute Gasteiger partial charge is 0.497 e. The van der Waals surface area contributed by atoms with Gasteiger partial charge in [-0.15, -0.1) is 30.4 Å². The van der Waals surface area contributed by atoms with Crippen molar-refractivity contribution >= 4 is 41.5 Å². The molecule has 1 saturated heterocycles. The summed E-state index contributed by atoms with van der Waals surface area (Å²) < 4.78 is 5.22. The highest BCUT2D eigenvalue weighted by Gasteiger charge is 2.31. The first-order valence-electron chi connectivity index (χ1n) is 7.60. The number of nitrogens with zero attached hydrogens (tertiary/aromatic N) is 2. The number of carbonyl (C=O) groups is 1. The first-order valence-corrected chi connectivity index (χ1v) is 7.60. The molecule has 2 rings (SSSR count). The zero-order valence-corrected chi connectivity index (χ0v) is 16.2. The monoisotopic (exact) mass is 442 g/mol. The van der Waals surface area contributed by atoms with Gasteiger partial charge in [-0.1, -0.05) is 12.0 Å². The third-order valence-electron chi connectivity index (χ3n) is 3.50. The van der Waals surface area contributed by atoms with Crippen LogP contribution in [0, 0.1) is 12.3 Å². The molecule has 130 valence electrons. The van der Waals surface area contributed by atoms with Crippen molar-refractivity contribution in [2.24, 2.45) is 4.99 Å². The van der Waals surface area contributed by atoms with Crippen LogP contribution in [0.3, 0.4) is 0 Å². The summed E-state index contributed by atoms with van der Waals surface area (Å²) in [4.78, 5) is 18.3. The number of carbonyl (C=O) groups excluding carboxylic acids is 1. The van der Waals surface area contributed by atoms with Gasteiger partial charge in [0.2, 0.25) is 5.91 Å². The van der Waals surface area contributed by atoms with E-state index in [1.807, 2.05) is 31.2 Å². The number of methoxy groups -OCH3 is 1. The Kier molecular flexibility index (Phi) is 8.40. The van der Waals surface area contributed by atoms with Crippen molar-refractivity contribution in [1.29, 1.82) is 0 Å². The molecule has 0 aliphatic carbocycles. The van der Waals surface area contributed by atoms with Crippen LogP contribution in [0.15, 0.2) is 29.3 Å². The van der Waals surface area contributed by atoms with E-state index >= 15 is 0 Å². The van der Waals surface area contributed by atoms with Crippen molar-refractivity contribution in [3.8, 4) is 18.1 Å². The minimum Gasteiger partial charge on any atom is -0.497 e. The zero-order chi connectivity index (χ0) is 16.7. The van der Waals surface area contributed by atoms with E-state index in [-0.39, 0.29) is 35.9 Å². The molecule has 1 fully saturated rings. The maximum atomic E-state index is 12.3. The molecule has 0 spiro atoms. The number of halogens is 1. The number of guanidine groups is 1. The average molecular weight is 442 g/mol. The Balaban J connectivity index is 0.00000288. The summed E-state index contributed by atoms with van der Waals surface area (Å²) in [5.74, 6) is 3.92. The minimum absolute atomic E-state index is 0. The van der Waals surface area contributed by atoms with Crippen LogP contribution in [0.25, 0.3) is 0 Å². The summed E-state index contributed by atoms with van der Waals surface area (Å²) in [5.41, 5.74) is 0.837. The van der Waals surface area contributed by atoms with Crippen molar-refractivity contribution in [2.75, 3.05) is 31.6 Å². The number of anilines is 1. The first-order chi connectivity index (χ1) is 11.2. The number of hydrogen-bond acceptors (Lipinski definition) is 3. The standard InChI is InChI=1S/C17H22N4O2.HI/c1-4-9-19-17(18-5-2)20-13-10-16(22)21(12-13)14-7-6-8-15(11-14)23-3;/h1,6-8,11,13H,5,9-10,12H2,2-3H3,(H2,18,19,20);1H. The fraction of sp³-hybridized carbons (Fsp3) is 0.412. The zero-order valence-electron chi connectivity index (χ0n) is 13.9. The van der Waals surface area contributed by atoms with Gasteiger partial charge in [0.15, 0.2) is 5.96 Å². The van der Waals surface area contributed by atoms with Crippen LogP contribution in [-0.2, 0) is 4.79 Å². The van der Waals surface area contributed by atoms with Gasteiger partial charge < -0.3 is 20.3 Å². The molecule has 1 aliphatic heterocycles. The van der Waals surface area contributed by atoms with Gasteiger partial charge in [0.1, 0.15) is 12.3 Å². The quantitative estimate of drug-likeness (QED) is 0.315. The molecular weight excluding hydrogens is 419 g/mol. The highest BCUT2D eigenvalue weighted by atomic mass is 127. The van der Waals surface area contributed by atoms with E-state index in [2.05, 4.69) is 21.5 Å². The lowest BCUT2D eigenvalue weighted by Gasteiger charge is -2.19. The second-order valence-corrected chi connectivity index (χ2v) is 5.15. The number of hydrogen-bond donors (Lipinski definition) is 2. The van der Waals surface area contributed by atoms with E-state index in [4.69, 9.17) is 11.2 Å². The molecule has 1 aromatic rings. The van der Waals surface area contributed by atoms with Crippen molar-refractivity contribution in [1.82, 2.24) is 10.6 Å². The summed E-state index contributed by atoms with van der Waals surface area (Å²) in [7, 11) is 1.61. The highest BCUT2D eigenvalue weighted by molar-refractivity contribution is 14.0. The molecule has 1 unspecified atom stereocenters. The smallest absolute Gasteiger partial charge is 0.229 e. The number of terminal acetylenes is 1. The highest BCUT2D eigenvalue weighted by Crippen LogP contribution is 2.25. The van der Waals surface area contributed by atoms with E-state index in [1.165, 1.54) is 0 Å². The Morgan fingerprint density at radius 3 is 3.00 bits per heavy atom. The van der Waals surface area contributed by atoms with Gasteiger partial charge in [-0.25, -0.2) is 4.99 Å². The van der Waals surface area contributed by atoms with Crippen LogP contribution >= 0.6 is 24.0 Å². The summed E-state index contributed by atoms with van der Waals surface area (Å²) in [6.45, 7) is 3.59. The van der Waals surface area contributed by atoms with Gasteiger partial charge in [0, 0.05) is 31.3 Å². The number of benzene rings is 1. The predicted molar refractivity (Wildman–Crippen MR) is 107 cm³/mol. The van der Waals surface area contributed by atoms with E-state index in [1.54, 1.807) is 12.0 Å². The molecule has 1 aromatic carbocycles. The lowest BCUT2D eigenvalue weighted by molar-refractivity contribution is -0.117. The van der Waals surface area contributed by atoms with Crippen molar-refractivity contribution in [2.45, 2.75) is 19.4 Å². The molecule has 24 heavy (non-hydrogen) atoms. The summed E-state index contributed by atoms with van der Waals surface area (Å²) in [6.07, 6.45) is 5.66. The van der Waals surface area contributed by atoms with Gasteiger partial charge in [-0.3, -0.25) is 4.79 Å². The van der Waals surface area contributed by atoms with Crippen LogP contribution < -0.4 is 20.3 Å². The topological polar surface area (TPSA) is 66.0 Å². The molecule has 0 saturated carbocycles. The Hall–Kier alpha value is -1.95. The molecule has 1 atom stereocenters. The summed E-state index contributed by atoms with van der Waals surface area (Å²) in [5, 5.41) is 6.39. The van der Waals surface area contributed by atoms with Crippen LogP contribution in [0.5, 0.6) is 5.75 Å². The fourth-order valence-corrected chi connectivity index (χ4v) is 2.47. The third kappa shape index (κ3) is 5.30. The number of nitrogens with one attached hydrogen (secondary N) is 2. The lowest BCUT2D eigenvalue weighted by atomic mass is 10.2. The molecule has 2 N–H and O–H groups in total. The maximum absolute atomic E-state index is 12.3. The summed E-state index contributed by atoms with van der Waals surface area (Å²) in [6, 6.07) is 7.48. The van der Waals surface area contributed by atoms with Crippen molar-refractivity contribution in [3.63, 3.8) is 0 Å². The minimum atomic E-state index is -0.00993. The predicted octanol–water partition coefficient (Wildman–Crippen LogP) is 1.61. The fourth-order valence-electron chi connectivity index (χ4n) is 2.47. The van der Waals surface area contributed by atoms with Crippen molar-refractivity contribution in [3.05, 3.63) is 24.3 Å². The second kappa shape index (κ2) is 10.0. The Bertz CT molecular complexity index is 627. The second-order valence-electron chi connectivity index (χ2n) is 5.15. The van der Waals surface area contributed by atoms with E-state index in [9.17, 15) is 4.79 Å². The van der Waals surface area contributed by atoms with E-state index in [0.29, 0.717) is 25.5 Å². The Morgan fingerprint density at radius 2 is 2.33 bits per heavy atom.